The van der Waals surface area contributed by atoms with Gasteiger partial charge in [-0.25, -0.2) is 0 Å². The number of hydrogen-bond acceptors (Lipinski definition) is 4. The number of nitrogens with zero attached hydrogens (tertiary/aromatic N) is 3. The Morgan fingerprint density at radius 1 is 1.43 bits per heavy atom. The third-order valence-corrected chi connectivity index (χ3v) is 5.49. The van der Waals surface area contributed by atoms with E-state index < -0.39 is 0 Å². The van der Waals surface area contributed by atoms with Crippen molar-refractivity contribution in [1.29, 1.82) is 0 Å². The zero-order valence-electron chi connectivity index (χ0n) is 11.8. The van der Waals surface area contributed by atoms with E-state index in [1.54, 1.807) is 11.3 Å². The van der Waals surface area contributed by atoms with Crippen molar-refractivity contribution in [2.24, 2.45) is 0 Å². The summed E-state index contributed by atoms with van der Waals surface area (Å²) in [5.74, 6) is 1.87. The van der Waals surface area contributed by atoms with Crippen LogP contribution in [0.4, 0.5) is 0 Å². The van der Waals surface area contributed by atoms with Gasteiger partial charge < -0.3 is 9.88 Å². The van der Waals surface area contributed by atoms with Gasteiger partial charge in [0.2, 0.25) is 0 Å². The second kappa shape index (κ2) is 6.43. The molecule has 0 aromatic carbocycles. The van der Waals surface area contributed by atoms with Crippen molar-refractivity contribution in [3.05, 3.63) is 31.5 Å². The minimum atomic E-state index is -0.130. The van der Waals surface area contributed by atoms with Gasteiger partial charge in [0, 0.05) is 18.3 Å². The molecule has 2 aromatic rings. The Kier molecular flexibility index (Phi) is 4.58. The van der Waals surface area contributed by atoms with Crippen molar-refractivity contribution >= 4 is 39.8 Å². The number of thiophene rings is 1. The Morgan fingerprint density at radius 3 is 3.05 bits per heavy atom. The van der Waals surface area contributed by atoms with Gasteiger partial charge in [-0.1, -0.05) is 6.42 Å². The van der Waals surface area contributed by atoms with E-state index >= 15 is 0 Å². The molecule has 0 radical (unpaired) electrons. The van der Waals surface area contributed by atoms with Crippen molar-refractivity contribution < 1.29 is 4.79 Å². The lowest BCUT2D eigenvalue weighted by molar-refractivity contribution is 0.0938. The number of halogens is 1. The quantitative estimate of drug-likeness (QED) is 0.783. The minimum absolute atomic E-state index is 0.0485. The highest BCUT2D eigenvalue weighted by molar-refractivity contribution is 14.1. The Hall–Kier alpha value is -0.960. The predicted octanol–water partition coefficient (Wildman–Crippen LogP) is 3.16. The van der Waals surface area contributed by atoms with E-state index in [0.29, 0.717) is 5.56 Å². The second-order valence-corrected chi connectivity index (χ2v) is 8.08. The molecule has 112 valence electrons. The van der Waals surface area contributed by atoms with Gasteiger partial charge in [0.05, 0.1) is 14.5 Å². The molecule has 3 rings (SSSR count). The van der Waals surface area contributed by atoms with E-state index in [9.17, 15) is 4.79 Å². The molecule has 1 atom stereocenters. The van der Waals surface area contributed by atoms with E-state index in [2.05, 4.69) is 42.7 Å². The first-order valence-electron chi connectivity index (χ1n) is 7.12. The molecule has 1 unspecified atom stereocenters. The van der Waals surface area contributed by atoms with E-state index in [-0.39, 0.29) is 11.9 Å². The van der Waals surface area contributed by atoms with Crippen LogP contribution in [-0.4, -0.2) is 20.7 Å². The van der Waals surface area contributed by atoms with Crippen molar-refractivity contribution in [2.45, 2.75) is 45.2 Å². The van der Waals surface area contributed by atoms with Gasteiger partial charge in [-0.2, -0.15) is 0 Å². The number of rotatable bonds is 3. The maximum atomic E-state index is 12.2. The topological polar surface area (TPSA) is 59.8 Å². The highest BCUT2D eigenvalue weighted by atomic mass is 127. The first-order valence-corrected chi connectivity index (χ1v) is 9.08. The lowest BCUT2D eigenvalue weighted by atomic mass is 10.2. The number of hydrogen-bond donors (Lipinski definition) is 1. The normalized spacial score (nSPS) is 16.1. The Balaban J connectivity index is 1.75. The van der Waals surface area contributed by atoms with Crippen LogP contribution >= 0.6 is 33.9 Å². The van der Waals surface area contributed by atoms with Gasteiger partial charge in [-0.15, -0.1) is 21.5 Å². The Labute approximate surface area is 141 Å². The van der Waals surface area contributed by atoms with Crippen molar-refractivity contribution in [1.82, 2.24) is 20.1 Å². The fraction of sp³-hybridized carbons (Fsp3) is 0.500. The molecule has 1 aliphatic rings. The Bertz CT molecular complexity index is 651. The monoisotopic (exact) mass is 416 g/mol. The van der Waals surface area contributed by atoms with Gasteiger partial charge in [0.25, 0.3) is 5.91 Å². The van der Waals surface area contributed by atoms with Crippen LogP contribution < -0.4 is 5.32 Å². The number of carbonyl (C=O) groups is 1. The molecule has 1 amide bonds. The van der Waals surface area contributed by atoms with Crippen LogP contribution in [-0.2, 0) is 13.0 Å². The van der Waals surface area contributed by atoms with E-state index in [0.717, 1.165) is 33.9 Å². The number of amides is 1. The molecular formula is C14H17IN4OS. The number of fused-ring (bicyclic) bond motifs is 1. The van der Waals surface area contributed by atoms with Crippen molar-refractivity contribution in [3.63, 3.8) is 0 Å². The fourth-order valence-corrected chi connectivity index (χ4v) is 3.93. The third kappa shape index (κ3) is 3.28. The number of carbonyl (C=O) groups excluding carboxylic acids is 1. The molecule has 3 heterocycles. The molecule has 0 fully saturated rings. The van der Waals surface area contributed by atoms with Crippen LogP contribution in [0.1, 0.15) is 54.2 Å². The first kappa shape index (κ1) is 15.0. The summed E-state index contributed by atoms with van der Waals surface area (Å²) in [6.45, 7) is 2.92. The molecule has 2 aromatic heterocycles. The molecule has 0 aliphatic carbocycles. The predicted molar refractivity (Wildman–Crippen MR) is 90.5 cm³/mol. The molecule has 0 spiro atoms. The molecule has 0 saturated heterocycles. The summed E-state index contributed by atoms with van der Waals surface area (Å²) in [6.07, 6.45) is 4.54. The number of aromatic nitrogens is 3. The summed E-state index contributed by atoms with van der Waals surface area (Å²) in [7, 11) is 0. The van der Waals surface area contributed by atoms with Crippen LogP contribution in [0, 0.1) is 2.88 Å². The SMILES string of the molecule is CC(NC(=O)c1csc(I)c1)c1nnc2n1CCCCC2. The first-order chi connectivity index (χ1) is 10.1. The van der Waals surface area contributed by atoms with Crippen LogP contribution in [0.5, 0.6) is 0 Å². The van der Waals surface area contributed by atoms with E-state index in [1.807, 2.05) is 18.4 Å². The van der Waals surface area contributed by atoms with Crippen LogP contribution in [0.3, 0.4) is 0 Å². The molecule has 1 N–H and O–H groups in total. The molecule has 21 heavy (non-hydrogen) atoms. The van der Waals surface area contributed by atoms with Gasteiger partial charge in [-0.3, -0.25) is 4.79 Å². The second-order valence-electron chi connectivity index (χ2n) is 5.27. The average molecular weight is 416 g/mol. The summed E-state index contributed by atoms with van der Waals surface area (Å²) in [5.41, 5.74) is 0.715. The van der Waals surface area contributed by atoms with Gasteiger partial charge >= 0.3 is 0 Å². The van der Waals surface area contributed by atoms with Crippen LogP contribution in [0.15, 0.2) is 11.4 Å². The largest absolute Gasteiger partial charge is 0.342 e. The van der Waals surface area contributed by atoms with Gasteiger partial charge in [0.15, 0.2) is 5.82 Å². The minimum Gasteiger partial charge on any atom is -0.342 e. The van der Waals surface area contributed by atoms with E-state index in [1.165, 1.54) is 12.8 Å². The summed E-state index contributed by atoms with van der Waals surface area (Å²) in [6, 6.07) is 1.77. The molecule has 1 aliphatic heterocycles. The molecule has 7 heteroatoms. The fourth-order valence-electron chi connectivity index (χ4n) is 2.60. The van der Waals surface area contributed by atoms with Crippen molar-refractivity contribution in [3.8, 4) is 0 Å². The smallest absolute Gasteiger partial charge is 0.252 e. The lowest BCUT2D eigenvalue weighted by Crippen LogP contribution is -2.28. The third-order valence-electron chi connectivity index (χ3n) is 3.70. The molecule has 5 nitrogen and oxygen atoms in total. The molecular weight excluding hydrogens is 399 g/mol. The summed E-state index contributed by atoms with van der Waals surface area (Å²) in [4.78, 5) is 12.2. The van der Waals surface area contributed by atoms with Crippen LogP contribution in [0.25, 0.3) is 0 Å². The maximum Gasteiger partial charge on any atom is 0.252 e. The zero-order chi connectivity index (χ0) is 14.8. The summed E-state index contributed by atoms with van der Waals surface area (Å²) >= 11 is 3.80. The van der Waals surface area contributed by atoms with Crippen molar-refractivity contribution in [2.75, 3.05) is 0 Å². The lowest BCUT2D eigenvalue weighted by Gasteiger charge is -2.14. The maximum absolute atomic E-state index is 12.2. The summed E-state index contributed by atoms with van der Waals surface area (Å²) < 4.78 is 3.29. The van der Waals surface area contributed by atoms with Gasteiger partial charge in [0.1, 0.15) is 5.82 Å². The summed E-state index contributed by atoms with van der Waals surface area (Å²) in [5, 5.41) is 13.5. The van der Waals surface area contributed by atoms with Crippen LogP contribution in [0.2, 0.25) is 0 Å². The Morgan fingerprint density at radius 2 is 2.29 bits per heavy atom. The highest BCUT2D eigenvalue weighted by Crippen LogP contribution is 2.20. The van der Waals surface area contributed by atoms with E-state index in [4.69, 9.17) is 0 Å². The van der Waals surface area contributed by atoms with Gasteiger partial charge in [-0.05, 0) is 48.4 Å². The number of aryl methyl sites for hydroxylation is 1. The highest BCUT2D eigenvalue weighted by Gasteiger charge is 2.21. The molecule has 0 saturated carbocycles. The standard InChI is InChI=1S/C14H17IN4OS/c1-9(16-14(20)10-7-11(15)21-8-10)13-18-17-12-5-3-2-4-6-19(12)13/h7-9H,2-6H2,1H3,(H,16,20). The zero-order valence-corrected chi connectivity index (χ0v) is 14.8. The molecule has 0 bridgehead atoms. The average Bonchev–Trinajstić information content (AvgIpc) is 2.99. The number of nitrogens with one attached hydrogen (secondary N) is 1.